The van der Waals surface area contributed by atoms with Gasteiger partial charge >= 0.3 is 0 Å². The molecule has 1 N–H and O–H groups in total. The molecule has 140 valence electrons. The highest BCUT2D eigenvalue weighted by Crippen LogP contribution is 2.34. The quantitative estimate of drug-likeness (QED) is 0.475. The maximum atomic E-state index is 12.0. The van der Waals surface area contributed by atoms with Crippen LogP contribution in [0.25, 0.3) is 22.1 Å². The Morgan fingerprint density at radius 1 is 1.00 bits per heavy atom. The fourth-order valence-electron chi connectivity index (χ4n) is 2.45. The minimum atomic E-state index is -0.317. The van der Waals surface area contributed by atoms with Gasteiger partial charge in [0.2, 0.25) is 5.13 Å². The van der Waals surface area contributed by atoms with Crippen molar-refractivity contribution in [3.05, 3.63) is 71.8 Å². The van der Waals surface area contributed by atoms with Crippen molar-refractivity contribution < 1.29 is 13.9 Å². The van der Waals surface area contributed by atoms with E-state index in [9.17, 15) is 4.79 Å². The Hall–Kier alpha value is -3.16. The van der Waals surface area contributed by atoms with Crippen LogP contribution in [0.15, 0.2) is 71.1 Å². The third-order valence-corrected chi connectivity index (χ3v) is 4.92. The Morgan fingerprint density at radius 3 is 2.57 bits per heavy atom. The molecular weight excluding hydrogens is 398 g/mol. The smallest absolute Gasteiger partial charge is 0.264 e. The fraction of sp³-hybridized carbons (Fsp3) is 0.0500. The number of hydrogen-bond acceptors (Lipinski definition) is 6. The van der Waals surface area contributed by atoms with Gasteiger partial charge in [-0.25, -0.2) is 0 Å². The third kappa shape index (κ3) is 4.21. The highest BCUT2D eigenvalue weighted by atomic mass is 35.5. The monoisotopic (exact) mass is 411 g/mol. The molecule has 0 saturated heterocycles. The summed E-state index contributed by atoms with van der Waals surface area (Å²) in [4.78, 5) is 12.0. The lowest BCUT2D eigenvalue weighted by Crippen LogP contribution is -2.20. The molecular formula is C20H14ClN3O3S. The van der Waals surface area contributed by atoms with Gasteiger partial charge in [-0.2, -0.15) is 0 Å². The summed E-state index contributed by atoms with van der Waals surface area (Å²) in [5.74, 6) is 1.49. The molecule has 0 fully saturated rings. The summed E-state index contributed by atoms with van der Waals surface area (Å²) in [6, 6.07) is 20.2. The fourth-order valence-corrected chi connectivity index (χ4v) is 3.40. The molecule has 1 amide bonds. The molecule has 0 spiro atoms. The van der Waals surface area contributed by atoms with E-state index in [0.717, 1.165) is 5.56 Å². The summed E-state index contributed by atoms with van der Waals surface area (Å²) >= 11 is 7.42. The number of hydrogen-bond donors (Lipinski definition) is 1. The van der Waals surface area contributed by atoms with E-state index in [0.29, 0.717) is 32.4 Å². The maximum Gasteiger partial charge on any atom is 0.264 e. The van der Waals surface area contributed by atoms with Crippen molar-refractivity contribution in [1.82, 2.24) is 10.2 Å². The molecule has 2 aromatic heterocycles. The number of nitrogens with zero attached hydrogens (tertiary/aromatic N) is 2. The van der Waals surface area contributed by atoms with Crippen molar-refractivity contribution in [3.8, 4) is 27.8 Å². The van der Waals surface area contributed by atoms with Gasteiger partial charge in [-0.05, 0) is 36.4 Å². The first-order valence-electron chi connectivity index (χ1n) is 8.35. The molecule has 2 heterocycles. The third-order valence-electron chi connectivity index (χ3n) is 3.74. The molecule has 0 bridgehead atoms. The average molecular weight is 412 g/mol. The van der Waals surface area contributed by atoms with Gasteiger partial charge in [0.15, 0.2) is 17.4 Å². The van der Waals surface area contributed by atoms with Gasteiger partial charge in [0, 0.05) is 5.56 Å². The second-order valence-electron chi connectivity index (χ2n) is 5.71. The first kappa shape index (κ1) is 18.2. The number of rotatable bonds is 6. The topological polar surface area (TPSA) is 77.2 Å². The van der Waals surface area contributed by atoms with Crippen LogP contribution in [0.5, 0.6) is 5.75 Å². The number of ether oxygens (including phenoxy) is 1. The van der Waals surface area contributed by atoms with E-state index in [2.05, 4.69) is 15.5 Å². The van der Waals surface area contributed by atoms with Crippen molar-refractivity contribution in [3.63, 3.8) is 0 Å². The summed E-state index contributed by atoms with van der Waals surface area (Å²) in [7, 11) is 0. The number of halogens is 1. The van der Waals surface area contributed by atoms with Gasteiger partial charge in [-0.1, -0.05) is 53.3 Å². The van der Waals surface area contributed by atoms with Crippen molar-refractivity contribution >= 4 is 34.0 Å². The van der Waals surface area contributed by atoms with E-state index in [-0.39, 0.29) is 12.5 Å². The normalized spacial score (nSPS) is 10.6. The zero-order valence-electron chi connectivity index (χ0n) is 14.5. The minimum Gasteiger partial charge on any atom is -0.484 e. The van der Waals surface area contributed by atoms with E-state index in [1.54, 1.807) is 24.3 Å². The summed E-state index contributed by atoms with van der Waals surface area (Å²) in [5, 5.41) is 12.2. The molecule has 4 aromatic rings. The van der Waals surface area contributed by atoms with Crippen LogP contribution in [-0.4, -0.2) is 22.7 Å². The Kier molecular flexibility index (Phi) is 5.36. The van der Waals surface area contributed by atoms with Crippen LogP contribution in [0.3, 0.4) is 0 Å². The lowest BCUT2D eigenvalue weighted by Gasteiger charge is -2.04. The van der Waals surface area contributed by atoms with Crippen LogP contribution < -0.4 is 10.1 Å². The summed E-state index contributed by atoms with van der Waals surface area (Å²) in [6.45, 7) is -0.115. The summed E-state index contributed by atoms with van der Waals surface area (Å²) < 4.78 is 11.3. The van der Waals surface area contributed by atoms with E-state index in [1.807, 2.05) is 42.5 Å². The first-order valence-corrected chi connectivity index (χ1v) is 9.55. The Bertz CT molecular complexity index is 1090. The van der Waals surface area contributed by atoms with Gasteiger partial charge < -0.3 is 9.15 Å². The molecule has 0 radical (unpaired) electrons. The van der Waals surface area contributed by atoms with Gasteiger partial charge in [0.25, 0.3) is 5.91 Å². The summed E-state index contributed by atoms with van der Waals surface area (Å²) in [6.07, 6.45) is 0. The Morgan fingerprint density at radius 2 is 1.75 bits per heavy atom. The van der Waals surface area contributed by atoms with E-state index >= 15 is 0 Å². The molecule has 0 aliphatic rings. The van der Waals surface area contributed by atoms with Crippen LogP contribution in [0.2, 0.25) is 5.02 Å². The van der Waals surface area contributed by atoms with Crippen molar-refractivity contribution in [1.29, 1.82) is 0 Å². The molecule has 28 heavy (non-hydrogen) atoms. The van der Waals surface area contributed by atoms with E-state index in [1.165, 1.54) is 11.3 Å². The van der Waals surface area contributed by atoms with Gasteiger partial charge in [-0.15, -0.1) is 10.2 Å². The maximum absolute atomic E-state index is 12.0. The highest BCUT2D eigenvalue weighted by molar-refractivity contribution is 7.18. The van der Waals surface area contributed by atoms with Crippen LogP contribution in [0.1, 0.15) is 0 Å². The first-order chi connectivity index (χ1) is 13.7. The van der Waals surface area contributed by atoms with Crippen LogP contribution >= 0.6 is 22.9 Å². The molecule has 0 saturated carbocycles. The van der Waals surface area contributed by atoms with Crippen molar-refractivity contribution in [2.24, 2.45) is 0 Å². The SMILES string of the molecule is O=C(COc1ccccc1)Nc1nnc(-c2ccc(-c3ccccc3Cl)o2)s1. The number of nitrogens with one attached hydrogen (secondary N) is 1. The van der Waals surface area contributed by atoms with Gasteiger partial charge in [-0.3, -0.25) is 10.1 Å². The van der Waals surface area contributed by atoms with Crippen LogP contribution in [-0.2, 0) is 4.79 Å². The Labute approximate surface area is 169 Å². The van der Waals surface area contributed by atoms with Crippen molar-refractivity contribution in [2.75, 3.05) is 11.9 Å². The molecule has 0 aliphatic heterocycles. The van der Waals surface area contributed by atoms with Crippen LogP contribution in [0, 0.1) is 0 Å². The Balaban J connectivity index is 1.41. The molecule has 2 aromatic carbocycles. The molecule has 0 atom stereocenters. The number of anilines is 1. The zero-order chi connectivity index (χ0) is 19.3. The summed E-state index contributed by atoms with van der Waals surface area (Å²) in [5.41, 5.74) is 0.798. The molecule has 4 rings (SSSR count). The number of benzene rings is 2. The molecule has 6 nitrogen and oxygen atoms in total. The number of para-hydroxylation sites is 1. The number of aromatic nitrogens is 2. The second-order valence-corrected chi connectivity index (χ2v) is 7.09. The number of amides is 1. The lowest BCUT2D eigenvalue weighted by molar-refractivity contribution is -0.118. The van der Waals surface area contributed by atoms with E-state index < -0.39 is 0 Å². The van der Waals surface area contributed by atoms with Crippen molar-refractivity contribution in [2.45, 2.75) is 0 Å². The lowest BCUT2D eigenvalue weighted by atomic mass is 10.2. The highest BCUT2D eigenvalue weighted by Gasteiger charge is 2.15. The number of furan rings is 1. The average Bonchev–Trinajstić information content (AvgIpc) is 3.37. The number of carbonyl (C=O) groups excluding carboxylic acids is 1. The molecule has 0 aliphatic carbocycles. The van der Waals surface area contributed by atoms with E-state index in [4.69, 9.17) is 20.8 Å². The van der Waals surface area contributed by atoms with Gasteiger partial charge in [0.1, 0.15) is 11.5 Å². The number of carbonyl (C=O) groups is 1. The second kappa shape index (κ2) is 8.24. The largest absolute Gasteiger partial charge is 0.484 e. The predicted molar refractivity (Wildman–Crippen MR) is 109 cm³/mol. The zero-order valence-corrected chi connectivity index (χ0v) is 16.0. The standard InChI is InChI=1S/C20H14ClN3O3S/c21-15-9-5-4-8-14(15)16-10-11-17(27-16)19-23-24-20(28-19)22-18(25)12-26-13-6-2-1-3-7-13/h1-11H,12H2,(H,22,24,25). The molecule has 8 heteroatoms. The predicted octanol–water partition coefficient (Wildman–Crippen LogP) is 5.14. The minimum absolute atomic E-state index is 0.115. The van der Waals surface area contributed by atoms with Crippen LogP contribution in [0.4, 0.5) is 5.13 Å². The van der Waals surface area contributed by atoms with Gasteiger partial charge in [0.05, 0.1) is 5.02 Å². The molecule has 0 unspecified atom stereocenters.